The molecule has 138 valence electrons. The molecule has 0 fully saturated rings. The summed E-state index contributed by atoms with van der Waals surface area (Å²) in [5, 5.41) is 9.11. The lowest BCUT2D eigenvalue weighted by Gasteiger charge is -2.35. The lowest BCUT2D eigenvalue weighted by atomic mass is 9.71. The van der Waals surface area contributed by atoms with E-state index in [9.17, 15) is 4.79 Å². The predicted molar refractivity (Wildman–Crippen MR) is 96.5 cm³/mol. The van der Waals surface area contributed by atoms with Crippen LogP contribution in [0.5, 0.6) is 0 Å². The van der Waals surface area contributed by atoms with E-state index in [2.05, 4.69) is 20.8 Å². The summed E-state index contributed by atoms with van der Waals surface area (Å²) >= 11 is 0. The maximum absolute atomic E-state index is 11.1. The van der Waals surface area contributed by atoms with E-state index in [1.165, 1.54) is 24.0 Å². The van der Waals surface area contributed by atoms with Crippen molar-refractivity contribution in [3.05, 3.63) is 23.0 Å². The molecule has 0 aromatic rings. The number of rotatable bonds is 10. The standard InChI is InChI=1S/C18H31O5P/c1-6-21-24(22-7-2)23-15(13-17(19)20)10-11-16-14(3)9-8-12-18(16,4)5/h13H,6-12H2,1-5H3,(H,19,20)/b15-13+. The third-order valence-electron chi connectivity index (χ3n) is 4.25. The van der Waals surface area contributed by atoms with Crippen LogP contribution in [-0.4, -0.2) is 24.3 Å². The molecule has 0 spiro atoms. The molecule has 0 amide bonds. The summed E-state index contributed by atoms with van der Waals surface area (Å²) in [6, 6.07) is 0. The molecule has 0 aromatic heterocycles. The lowest BCUT2D eigenvalue weighted by Crippen LogP contribution is -2.20. The highest BCUT2D eigenvalue weighted by atomic mass is 31.2. The van der Waals surface area contributed by atoms with Crippen molar-refractivity contribution >= 4 is 14.6 Å². The van der Waals surface area contributed by atoms with E-state index in [0.29, 0.717) is 25.4 Å². The molecule has 0 saturated carbocycles. The average molecular weight is 358 g/mol. The van der Waals surface area contributed by atoms with Gasteiger partial charge in [0.2, 0.25) is 0 Å². The van der Waals surface area contributed by atoms with Crippen LogP contribution in [-0.2, 0) is 18.4 Å². The van der Waals surface area contributed by atoms with E-state index in [0.717, 1.165) is 18.9 Å². The fourth-order valence-corrected chi connectivity index (χ4v) is 4.09. The zero-order chi connectivity index (χ0) is 18.2. The Morgan fingerprint density at radius 3 is 2.42 bits per heavy atom. The Morgan fingerprint density at radius 2 is 1.92 bits per heavy atom. The molecule has 1 rings (SSSR count). The van der Waals surface area contributed by atoms with Crippen molar-refractivity contribution < 1.29 is 23.5 Å². The van der Waals surface area contributed by atoms with Crippen LogP contribution < -0.4 is 0 Å². The molecule has 1 N–H and O–H groups in total. The molecule has 6 heteroatoms. The van der Waals surface area contributed by atoms with Gasteiger partial charge < -0.3 is 18.7 Å². The molecule has 0 saturated heterocycles. The Labute approximate surface area is 147 Å². The highest BCUT2D eigenvalue weighted by molar-refractivity contribution is 7.41. The molecule has 1 aliphatic carbocycles. The van der Waals surface area contributed by atoms with Crippen LogP contribution in [0.25, 0.3) is 0 Å². The first-order valence-corrected chi connectivity index (χ1v) is 9.76. The third-order valence-corrected chi connectivity index (χ3v) is 5.57. The fourth-order valence-electron chi connectivity index (χ4n) is 3.15. The first kappa shape index (κ1) is 21.1. The summed E-state index contributed by atoms with van der Waals surface area (Å²) in [7, 11) is -1.54. The van der Waals surface area contributed by atoms with Gasteiger partial charge in [0, 0.05) is 6.42 Å². The van der Waals surface area contributed by atoms with Crippen molar-refractivity contribution in [3.8, 4) is 0 Å². The molecule has 0 heterocycles. The lowest BCUT2D eigenvalue weighted by molar-refractivity contribution is -0.131. The fraction of sp³-hybridized carbons (Fsp3) is 0.722. The van der Waals surface area contributed by atoms with Crippen LogP contribution in [0.4, 0.5) is 0 Å². The van der Waals surface area contributed by atoms with Gasteiger partial charge in [-0.05, 0) is 51.9 Å². The molecule has 0 aromatic carbocycles. The van der Waals surface area contributed by atoms with E-state index in [1.807, 2.05) is 13.8 Å². The molecule has 0 atom stereocenters. The molecule has 5 nitrogen and oxygen atoms in total. The predicted octanol–water partition coefficient (Wildman–Crippen LogP) is 5.58. The van der Waals surface area contributed by atoms with Gasteiger partial charge in [-0.1, -0.05) is 25.0 Å². The SMILES string of the molecule is CCOP(OCC)O/C(=C/C(=O)O)CCC1=C(C)CCCC1(C)C. The number of aliphatic carboxylic acids is 1. The topological polar surface area (TPSA) is 65.0 Å². The molecule has 1 aliphatic rings. The van der Waals surface area contributed by atoms with Crippen LogP contribution >= 0.6 is 8.60 Å². The number of carboxylic acids is 1. The van der Waals surface area contributed by atoms with Crippen LogP contribution in [0.1, 0.15) is 66.7 Å². The van der Waals surface area contributed by atoms with Gasteiger partial charge in [-0.2, -0.15) is 0 Å². The molecule has 0 radical (unpaired) electrons. The normalized spacial score (nSPS) is 18.2. The van der Waals surface area contributed by atoms with Crippen LogP contribution in [0.2, 0.25) is 0 Å². The zero-order valence-corrected chi connectivity index (χ0v) is 16.4. The van der Waals surface area contributed by atoms with Crippen molar-refractivity contribution in [3.63, 3.8) is 0 Å². The molecule has 0 aliphatic heterocycles. The van der Waals surface area contributed by atoms with Gasteiger partial charge in [0.25, 0.3) is 0 Å². The van der Waals surface area contributed by atoms with Gasteiger partial charge in [0.05, 0.1) is 19.3 Å². The Hall–Kier alpha value is -0.900. The minimum absolute atomic E-state index is 0.168. The highest BCUT2D eigenvalue weighted by Gasteiger charge is 2.28. The summed E-state index contributed by atoms with van der Waals surface area (Å²) in [5.74, 6) is -0.598. The quantitative estimate of drug-likeness (QED) is 0.239. The van der Waals surface area contributed by atoms with Crippen LogP contribution in [0.3, 0.4) is 0 Å². The number of allylic oxidation sites excluding steroid dienone is 3. The van der Waals surface area contributed by atoms with Crippen molar-refractivity contribution in [1.82, 2.24) is 0 Å². The Morgan fingerprint density at radius 1 is 1.29 bits per heavy atom. The number of carboxylic acid groups (broad SMARTS) is 1. The van der Waals surface area contributed by atoms with Crippen LogP contribution in [0, 0.1) is 5.41 Å². The second-order valence-corrected chi connectivity index (χ2v) is 7.74. The summed E-state index contributed by atoms with van der Waals surface area (Å²) in [4.78, 5) is 11.1. The summed E-state index contributed by atoms with van der Waals surface area (Å²) in [5.41, 5.74) is 3.02. The largest absolute Gasteiger partial charge is 0.478 e. The van der Waals surface area contributed by atoms with E-state index in [-0.39, 0.29) is 5.41 Å². The summed E-state index contributed by atoms with van der Waals surface area (Å²) in [6.07, 6.45) is 5.99. The first-order valence-electron chi connectivity index (χ1n) is 8.66. The van der Waals surface area contributed by atoms with Crippen molar-refractivity contribution in [2.45, 2.75) is 66.7 Å². The minimum atomic E-state index is -1.54. The average Bonchev–Trinajstić information content (AvgIpc) is 2.45. The second kappa shape index (κ2) is 10.2. The highest BCUT2D eigenvalue weighted by Crippen LogP contribution is 2.45. The van der Waals surface area contributed by atoms with Crippen molar-refractivity contribution in [1.29, 1.82) is 0 Å². The van der Waals surface area contributed by atoms with Gasteiger partial charge in [-0.25, -0.2) is 4.79 Å². The van der Waals surface area contributed by atoms with Gasteiger partial charge >= 0.3 is 14.6 Å². The maximum Gasteiger partial charge on any atom is 0.396 e. The molecule has 0 unspecified atom stereocenters. The van der Waals surface area contributed by atoms with Gasteiger partial charge in [0.15, 0.2) is 0 Å². The Bertz CT molecular complexity index is 476. The van der Waals surface area contributed by atoms with Gasteiger partial charge in [-0.15, -0.1) is 0 Å². The summed E-state index contributed by atoms with van der Waals surface area (Å²) in [6.45, 7) is 11.4. The molecular weight excluding hydrogens is 327 g/mol. The van der Waals surface area contributed by atoms with Crippen LogP contribution in [0.15, 0.2) is 23.0 Å². The first-order chi connectivity index (χ1) is 11.3. The Kier molecular flexibility index (Phi) is 8.96. The third kappa shape index (κ3) is 6.92. The van der Waals surface area contributed by atoms with Gasteiger partial charge in [-0.3, -0.25) is 0 Å². The van der Waals surface area contributed by atoms with Crippen molar-refractivity contribution in [2.24, 2.45) is 5.41 Å². The monoisotopic (exact) mass is 358 g/mol. The zero-order valence-electron chi connectivity index (χ0n) is 15.6. The van der Waals surface area contributed by atoms with Crippen molar-refractivity contribution in [2.75, 3.05) is 13.2 Å². The number of carbonyl (C=O) groups is 1. The minimum Gasteiger partial charge on any atom is -0.478 e. The second-order valence-electron chi connectivity index (χ2n) is 6.60. The molecule has 0 bridgehead atoms. The summed E-state index contributed by atoms with van der Waals surface area (Å²) < 4.78 is 16.6. The maximum atomic E-state index is 11.1. The Balaban J connectivity index is 2.81. The number of hydrogen-bond donors (Lipinski definition) is 1. The molecular formula is C18H31O5P. The van der Waals surface area contributed by atoms with E-state index in [4.69, 9.17) is 18.7 Å². The van der Waals surface area contributed by atoms with E-state index in [1.54, 1.807) is 0 Å². The molecule has 24 heavy (non-hydrogen) atoms. The smallest absolute Gasteiger partial charge is 0.396 e. The van der Waals surface area contributed by atoms with Gasteiger partial charge in [0.1, 0.15) is 5.76 Å². The van der Waals surface area contributed by atoms with E-state index < -0.39 is 14.6 Å². The number of hydrogen-bond acceptors (Lipinski definition) is 4. The van der Waals surface area contributed by atoms with E-state index >= 15 is 0 Å².